The number of aromatic nitrogens is 2. The topological polar surface area (TPSA) is 76.4 Å². The number of amidine groups is 1. The minimum absolute atomic E-state index is 0.0385. The lowest BCUT2D eigenvalue weighted by Gasteiger charge is -2.11. The van der Waals surface area contributed by atoms with Gasteiger partial charge in [-0.1, -0.05) is 35.0 Å². The number of hydrogen-bond donors (Lipinski definition) is 2. The van der Waals surface area contributed by atoms with E-state index < -0.39 is 0 Å². The maximum absolute atomic E-state index is 8.93. The second-order valence-electron chi connectivity index (χ2n) is 4.22. The second-order valence-corrected chi connectivity index (χ2v) is 4.63. The zero-order chi connectivity index (χ0) is 14.1. The maximum atomic E-state index is 8.93. The van der Waals surface area contributed by atoms with Crippen molar-refractivity contribution in [1.82, 2.24) is 9.55 Å². The number of hydrogen-bond acceptors (Lipinski definition) is 3. The van der Waals surface area contributed by atoms with Crippen molar-refractivity contribution in [2.45, 2.75) is 0 Å². The predicted molar refractivity (Wildman–Crippen MR) is 78.6 cm³/mol. The third-order valence-corrected chi connectivity index (χ3v) is 3.38. The van der Waals surface area contributed by atoms with Crippen molar-refractivity contribution in [1.29, 1.82) is 0 Å². The van der Waals surface area contributed by atoms with Crippen LogP contribution in [-0.2, 0) is 0 Å². The van der Waals surface area contributed by atoms with Crippen molar-refractivity contribution < 1.29 is 5.21 Å². The standard InChI is InChI=1S/C14H11ClN4O/c15-9-4-3-7-12(13(9)14(16)18-20)19-8-17-10-5-1-2-6-11(10)19/h1-8,20H,(H2,16,18). The fraction of sp³-hybridized carbons (Fsp3) is 0. The normalized spacial score (nSPS) is 11.9. The lowest BCUT2D eigenvalue weighted by Crippen LogP contribution is -2.16. The van der Waals surface area contributed by atoms with E-state index in [1.807, 2.05) is 34.9 Å². The third-order valence-electron chi connectivity index (χ3n) is 3.07. The van der Waals surface area contributed by atoms with E-state index in [0.29, 0.717) is 16.3 Å². The molecule has 3 aromatic rings. The van der Waals surface area contributed by atoms with Gasteiger partial charge in [0.05, 0.1) is 27.3 Å². The van der Waals surface area contributed by atoms with Crippen molar-refractivity contribution in [3.63, 3.8) is 0 Å². The van der Waals surface area contributed by atoms with E-state index in [1.165, 1.54) is 0 Å². The predicted octanol–water partition coefficient (Wildman–Crippen LogP) is 2.77. The summed E-state index contributed by atoms with van der Waals surface area (Å²) < 4.78 is 1.86. The summed E-state index contributed by atoms with van der Waals surface area (Å²) in [6.07, 6.45) is 1.69. The molecule has 1 aromatic heterocycles. The summed E-state index contributed by atoms with van der Waals surface area (Å²) in [7, 11) is 0. The highest BCUT2D eigenvalue weighted by Crippen LogP contribution is 2.26. The Morgan fingerprint density at radius 3 is 2.80 bits per heavy atom. The van der Waals surface area contributed by atoms with Crippen LogP contribution in [0.25, 0.3) is 16.7 Å². The first-order valence-corrected chi connectivity index (χ1v) is 6.29. The number of nitrogens with two attached hydrogens (primary N) is 1. The molecule has 0 bridgehead atoms. The fourth-order valence-electron chi connectivity index (χ4n) is 2.17. The second kappa shape index (κ2) is 4.86. The van der Waals surface area contributed by atoms with Crippen molar-refractivity contribution in [3.8, 4) is 5.69 Å². The van der Waals surface area contributed by atoms with Gasteiger partial charge in [0.15, 0.2) is 5.84 Å². The molecule has 6 heteroatoms. The molecule has 0 fully saturated rings. The van der Waals surface area contributed by atoms with Gasteiger partial charge in [0.1, 0.15) is 6.33 Å². The van der Waals surface area contributed by atoms with E-state index in [9.17, 15) is 0 Å². The minimum Gasteiger partial charge on any atom is -0.409 e. The molecule has 0 atom stereocenters. The van der Waals surface area contributed by atoms with Crippen molar-refractivity contribution in [2.75, 3.05) is 0 Å². The third kappa shape index (κ3) is 1.88. The van der Waals surface area contributed by atoms with Crippen LogP contribution in [0.4, 0.5) is 0 Å². The SMILES string of the molecule is NC(=NO)c1c(Cl)cccc1-n1cnc2ccccc21. The van der Waals surface area contributed by atoms with Crippen molar-refractivity contribution in [2.24, 2.45) is 10.9 Å². The summed E-state index contributed by atoms with van der Waals surface area (Å²) in [6.45, 7) is 0. The maximum Gasteiger partial charge on any atom is 0.173 e. The summed E-state index contributed by atoms with van der Waals surface area (Å²) in [5.74, 6) is -0.0385. The number of fused-ring (bicyclic) bond motifs is 1. The molecule has 1 heterocycles. The van der Waals surface area contributed by atoms with Gasteiger partial charge in [-0.15, -0.1) is 0 Å². The Balaban J connectivity index is 2.33. The van der Waals surface area contributed by atoms with E-state index in [-0.39, 0.29) is 5.84 Å². The van der Waals surface area contributed by atoms with Crippen molar-refractivity contribution >= 4 is 28.5 Å². The Kier molecular flexibility index (Phi) is 3.04. The van der Waals surface area contributed by atoms with Crippen LogP contribution in [0.3, 0.4) is 0 Å². The highest BCUT2D eigenvalue weighted by Gasteiger charge is 2.14. The Morgan fingerprint density at radius 1 is 1.20 bits per heavy atom. The summed E-state index contributed by atoms with van der Waals surface area (Å²) >= 11 is 6.17. The molecule has 0 aliphatic rings. The largest absolute Gasteiger partial charge is 0.409 e. The fourth-order valence-corrected chi connectivity index (χ4v) is 2.43. The molecule has 3 N–H and O–H groups in total. The van der Waals surface area contributed by atoms with Crippen LogP contribution in [0.15, 0.2) is 53.9 Å². The van der Waals surface area contributed by atoms with E-state index in [0.717, 1.165) is 11.0 Å². The van der Waals surface area contributed by atoms with Crippen LogP contribution in [0.2, 0.25) is 5.02 Å². The Morgan fingerprint density at radius 2 is 2.00 bits per heavy atom. The first-order chi connectivity index (χ1) is 9.72. The molecule has 5 nitrogen and oxygen atoms in total. The average molecular weight is 287 g/mol. The van der Waals surface area contributed by atoms with Gasteiger partial charge in [0.2, 0.25) is 0 Å². The Labute approximate surface area is 119 Å². The number of nitrogens with zero attached hydrogens (tertiary/aromatic N) is 3. The number of benzene rings is 2. The van der Waals surface area contributed by atoms with Crippen LogP contribution in [0, 0.1) is 0 Å². The highest BCUT2D eigenvalue weighted by atomic mass is 35.5. The molecule has 3 rings (SSSR count). The van der Waals surface area contributed by atoms with Gasteiger partial charge >= 0.3 is 0 Å². The zero-order valence-electron chi connectivity index (χ0n) is 10.4. The van der Waals surface area contributed by atoms with Gasteiger partial charge in [-0.3, -0.25) is 4.57 Å². The molecule has 0 spiro atoms. The summed E-state index contributed by atoms with van der Waals surface area (Å²) in [6, 6.07) is 13.0. The first-order valence-electron chi connectivity index (χ1n) is 5.91. The quantitative estimate of drug-likeness (QED) is 0.329. The molecule has 0 saturated heterocycles. The molecule has 0 amide bonds. The average Bonchev–Trinajstić information content (AvgIpc) is 2.90. The van der Waals surface area contributed by atoms with Gasteiger partial charge in [-0.05, 0) is 24.3 Å². The van der Waals surface area contributed by atoms with Crippen LogP contribution in [0.1, 0.15) is 5.56 Å². The van der Waals surface area contributed by atoms with Crippen LogP contribution in [0.5, 0.6) is 0 Å². The smallest absolute Gasteiger partial charge is 0.173 e. The molecule has 0 aliphatic heterocycles. The molecular weight excluding hydrogens is 276 g/mol. The number of imidazole rings is 1. The Bertz CT molecular complexity index is 810. The van der Waals surface area contributed by atoms with Gasteiger partial charge < -0.3 is 10.9 Å². The Hall–Kier alpha value is -2.53. The van der Waals surface area contributed by atoms with Gasteiger partial charge in [0, 0.05) is 0 Å². The van der Waals surface area contributed by atoms with Crippen LogP contribution >= 0.6 is 11.6 Å². The molecule has 2 aromatic carbocycles. The summed E-state index contributed by atoms with van der Waals surface area (Å²) in [5.41, 5.74) is 8.69. The lowest BCUT2D eigenvalue weighted by atomic mass is 10.1. The van der Waals surface area contributed by atoms with Crippen LogP contribution in [-0.4, -0.2) is 20.6 Å². The van der Waals surface area contributed by atoms with Gasteiger partial charge in [0.25, 0.3) is 0 Å². The monoisotopic (exact) mass is 286 g/mol. The van der Waals surface area contributed by atoms with E-state index >= 15 is 0 Å². The lowest BCUT2D eigenvalue weighted by molar-refractivity contribution is 0.318. The van der Waals surface area contributed by atoms with E-state index in [1.54, 1.807) is 18.5 Å². The minimum atomic E-state index is -0.0385. The number of rotatable bonds is 2. The molecule has 0 aliphatic carbocycles. The molecule has 0 radical (unpaired) electrons. The molecule has 20 heavy (non-hydrogen) atoms. The zero-order valence-corrected chi connectivity index (χ0v) is 11.1. The van der Waals surface area contributed by atoms with Gasteiger partial charge in [-0.25, -0.2) is 4.98 Å². The molecule has 100 valence electrons. The summed E-state index contributed by atoms with van der Waals surface area (Å²) in [5, 5.41) is 12.4. The number of para-hydroxylation sites is 2. The van der Waals surface area contributed by atoms with E-state index in [2.05, 4.69) is 10.1 Å². The molecule has 0 saturated carbocycles. The van der Waals surface area contributed by atoms with Crippen LogP contribution < -0.4 is 5.73 Å². The highest BCUT2D eigenvalue weighted by molar-refractivity contribution is 6.34. The van der Waals surface area contributed by atoms with Crippen molar-refractivity contribution in [3.05, 3.63) is 59.4 Å². The number of halogens is 1. The molecular formula is C14H11ClN4O. The van der Waals surface area contributed by atoms with Gasteiger partial charge in [-0.2, -0.15) is 0 Å². The summed E-state index contributed by atoms with van der Waals surface area (Å²) in [4.78, 5) is 4.33. The molecule has 0 unspecified atom stereocenters. The number of oxime groups is 1. The first kappa shape index (κ1) is 12.5. The van der Waals surface area contributed by atoms with E-state index in [4.69, 9.17) is 22.5 Å².